The van der Waals surface area contributed by atoms with Gasteiger partial charge in [-0.1, -0.05) is 35.8 Å². The van der Waals surface area contributed by atoms with Crippen LogP contribution >= 0.6 is 15.9 Å². The Kier molecular flexibility index (Phi) is 4.44. The molecule has 3 heteroatoms. The zero-order chi connectivity index (χ0) is 13.3. The second kappa shape index (κ2) is 5.70. The zero-order valence-electron chi connectivity index (χ0n) is 11.3. The van der Waals surface area contributed by atoms with Gasteiger partial charge in [0.25, 0.3) is 0 Å². The third-order valence-electron chi connectivity index (χ3n) is 4.11. The number of hydrogen-bond donors (Lipinski definition) is 0. The van der Waals surface area contributed by atoms with Crippen molar-refractivity contribution in [1.82, 2.24) is 4.90 Å². The van der Waals surface area contributed by atoms with Crippen molar-refractivity contribution < 1.29 is 4.39 Å². The molecule has 0 amide bonds. The highest BCUT2D eigenvalue weighted by Crippen LogP contribution is 2.28. The van der Waals surface area contributed by atoms with Gasteiger partial charge in [0.15, 0.2) is 0 Å². The second-order valence-corrected chi connectivity index (χ2v) is 6.64. The van der Waals surface area contributed by atoms with Crippen LogP contribution < -0.4 is 0 Å². The summed E-state index contributed by atoms with van der Waals surface area (Å²) in [5, 5.41) is 0. The summed E-state index contributed by atoms with van der Waals surface area (Å²) in [6.45, 7) is 8.63. The summed E-state index contributed by atoms with van der Waals surface area (Å²) in [6, 6.07) is 5.89. The lowest BCUT2D eigenvalue weighted by Gasteiger charge is -2.41. The molecule has 3 unspecified atom stereocenters. The van der Waals surface area contributed by atoms with Gasteiger partial charge < -0.3 is 0 Å². The Bertz CT molecular complexity index is 421. The van der Waals surface area contributed by atoms with Crippen molar-refractivity contribution in [1.29, 1.82) is 0 Å². The van der Waals surface area contributed by atoms with Crippen molar-refractivity contribution in [2.24, 2.45) is 11.8 Å². The molecule has 0 bridgehead atoms. The van der Waals surface area contributed by atoms with Gasteiger partial charge in [-0.05, 0) is 37.3 Å². The smallest absolute Gasteiger partial charge is 0.128 e. The van der Waals surface area contributed by atoms with E-state index in [-0.39, 0.29) is 5.82 Å². The Hall–Kier alpha value is -0.410. The molecule has 0 spiro atoms. The molecule has 100 valence electrons. The fourth-order valence-electron chi connectivity index (χ4n) is 2.91. The van der Waals surface area contributed by atoms with E-state index in [1.54, 1.807) is 6.07 Å². The first-order valence-corrected chi connectivity index (χ1v) is 7.44. The fourth-order valence-corrected chi connectivity index (χ4v) is 3.24. The molecule has 1 aromatic carbocycles. The van der Waals surface area contributed by atoms with Gasteiger partial charge in [-0.15, -0.1) is 0 Å². The summed E-state index contributed by atoms with van der Waals surface area (Å²) in [4.78, 5) is 2.41. The fraction of sp³-hybridized carbons (Fsp3) is 0.600. The van der Waals surface area contributed by atoms with Crippen LogP contribution in [0.1, 0.15) is 32.8 Å². The predicted octanol–water partition coefficient (Wildman–Crippen LogP) is 4.45. The molecule has 2 rings (SSSR count). The molecular formula is C15H21BrFN. The van der Waals surface area contributed by atoms with Crippen molar-refractivity contribution in [3.8, 4) is 0 Å². The highest BCUT2D eigenvalue weighted by molar-refractivity contribution is 9.10. The lowest BCUT2D eigenvalue weighted by molar-refractivity contribution is 0.0720. The Labute approximate surface area is 118 Å². The quantitative estimate of drug-likeness (QED) is 0.779. The molecule has 1 aromatic rings. The van der Waals surface area contributed by atoms with Crippen molar-refractivity contribution in [3.63, 3.8) is 0 Å². The molecule has 3 atom stereocenters. The SMILES string of the molecule is CC1CC(C)C(C)N(Cc2ccc(Br)cc2F)C1. The molecule has 1 aliphatic rings. The number of benzene rings is 1. The molecule has 1 heterocycles. The van der Waals surface area contributed by atoms with E-state index in [0.717, 1.165) is 23.1 Å². The van der Waals surface area contributed by atoms with E-state index in [4.69, 9.17) is 0 Å². The molecule has 18 heavy (non-hydrogen) atoms. The minimum Gasteiger partial charge on any atom is -0.296 e. The summed E-state index contributed by atoms with van der Waals surface area (Å²) in [7, 11) is 0. The second-order valence-electron chi connectivity index (χ2n) is 5.72. The van der Waals surface area contributed by atoms with Gasteiger partial charge in [-0.25, -0.2) is 4.39 Å². The first-order valence-electron chi connectivity index (χ1n) is 6.65. The van der Waals surface area contributed by atoms with Crippen molar-refractivity contribution in [2.45, 2.75) is 39.8 Å². The minimum absolute atomic E-state index is 0.109. The van der Waals surface area contributed by atoms with Crippen molar-refractivity contribution >= 4 is 15.9 Å². The zero-order valence-corrected chi connectivity index (χ0v) is 12.9. The van der Waals surface area contributed by atoms with E-state index in [1.807, 2.05) is 12.1 Å². The number of halogens is 2. The van der Waals surface area contributed by atoms with Gasteiger partial charge in [0.1, 0.15) is 5.82 Å². The first-order chi connectivity index (χ1) is 8.47. The van der Waals surface area contributed by atoms with Gasteiger partial charge in [0.2, 0.25) is 0 Å². The number of rotatable bonds is 2. The van der Waals surface area contributed by atoms with Crippen LogP contribution in [0.5, 0.6) is 0 Å². The lowest BCUT2D eigenvalue weighted by atomic mass is 9.86. The van der Waals surface area contributed by atoms with Crippen LogP contribution in [0.4, 0.5) is 4.39 Å². The van der Waals surface area contributed by atoms with E-state index in [0.29, 0.717) is 17.9 Å². The monoisotopic (exact) mass is 313 g/mol. The van der Waals surface area contributed by atoms with Gasteiger partial charge in [-0.3, -0.25) is 4.90 Å². The van der Waals surface area contributed by atoms with Crippen LogP contribution in [-0.4, -0.2) is 17.5 Å². The molecule has 1 aliphatic heterocycles. The minimum atomic E-state index is -0.109. The third kappa shape index (κ3) is 3.12. The van der Waals surface area contributed by atoms with Crippen LogP contribution in [0.2, 0.25) is 0 Å². The van der Waals surface area contributed by atoms with E-state index < -0.39 is 0 Å². The molecule has 0 radical (unpaired) electrons. The standard InChI is InChI=1S/C15H21BrFN/c1-10-6-11(2)12(3)18(8-10)9-13-4-5-14(16)7-15(13)17/h4-5,7,10-12H,6,8-9H2,1-3H3. The van der Waals surface area contributed by atoms with E-state index in [2.05, 4.69) is 41.6 Å². The maximum Gasteiger partial charge on any atom is 0.128 e. The molecule has 0 aliphatic carbocycles. The predicted molar refractivity (Wildman–Crippen MR) is 76.9 cm³/mol. The summed E-state index contributed by atoms with van der Waals surface area (Å²) < 4.78 is 14.7. The van der Waals surface area contributed by atoms with E-state index in [9.17, 15) is 4.39 Å². The van der Waals surface area contributed by atoms with Crippen LogP contribution in [0.15, 0.2) is 22.7 Å². The Morgan fingerprint density at radius 3 is 2.72 bits per heavy atom. The average molecular weight is 314 g/mol. The van der Waals surface area contributed by atoms with Crippen LogP contribution in [-0.2, 0) is 6.54 Å². The molecule has 0 N–H and O–H groups in total. The lowest BCUT2D eigenvalue weighted by Crippen LogP contribution is -2.45. The molecule has 1 saturated heterocycles. The van der Waals surface area contributed by atoms with Gasteiger partial charge in [-0.2, -0.15) is 0 Å². The maximum absolute atomic E-state index is 13.9. The molecule has 1 fully saturated rings. The first kappa shape index (κ1) is 14.0. The van der Waals surface area contributed by atoms with E-state index >= 15 is 0 Å². The van der Waals surface area contributed by atoms with Gasteiger partial charge >= 0.3 is 0 Å². The topological polar surface area (TPSA) is 3.24 Å². The maximum atomic E-state index is 13.9. The largest absolute Gasteiger partial charge is 0.296 e. The van der Waals surface area contributed by atoms with Crippen molar-refractivity contribution in [2.75, 3.05) is 6.54 Å². The average Bonchev–Trinajstić information content (AvgIpc) is 2.29. The van der Waals surface area contributed by atoms with Crippen molar-refractivity contribution in [3.05, 3.63) is 34.1 Å². The summed E-state index contributed by atoms with van der Waals surface area (Å²) in [5.41, 5.74) is 0.798. The highest BCUT2D eigenvalue weighted by atomic mass is 79.9. The normalized spacial score (nSPS) is 29.5. The number of likely N-dealkylation sites (tertiary alicyclic amines) is 1. The molecular weight excluding hydrogens is 293 g/mol. The summed E-state index contributed by atoms with van der Waals surface area (Å²) >= 11 is 3.30. The molecule has 0 aromatic heterocycles. The Morgan fingerprint density at radius 2 is 2.06 bits per heavy atom. The van der Waals surface area contributed by atoms with Crippen LogP contribution in [0.25, 0.3) is 0 Å². The highest BCUT2D eigenvalue weighted by Gasteiger charge is 2.28. The Balaban J connectivity index is 2.12. The molecule has 1 nitrogen and oxygen atoms in total. The van der Waals surface area contributed by atoms with Crippen LogP contribution in [0.3, 0.4) is 0 Å². The van der Waals surface area contributed by atoms with E-state index in [1.165, 1.54) is 6.42 Å². The van der Waals surface area contributed by atoms with Gasteiger partial charge in [0, 0.05) is 29.2 Å². The molecule has 0 saturated carbocycles. The Morgan fingerprint density at radius 1 is 1.33 bits per heavy atom. The third-order valence-corrected chi connectivity index (χ3v) is 4.60. The van der Waals surface area contributed by atoms with Gasteiger partial charge in [0.05, 0.1) is 0 Å². The summed E-state index contributed by atoms with van der Waals surface area (Å²) in [5.74, 6) is 1.28. The number of hydrogen-bond acceptors (Lipinski definition) is 1. The number of piperidine rings is 1. The van der Waals surface area contributed by atoms with Crippen LogP contribution in [0, 0.1) is 17.7 Å². The summed E-state index contributed by atoms with van der Waals surface area (Å²) in [6.07, 6.45) is 1.28. The number of nitrogens with zero attached hydrogens (tertiary/aromatic N) is 1.